The van der Waals surface area contributed by atoms with Crippen LogP contribution in [0.25, 0.3) is 10.2 Å². The number of nitrogens with one attached hydrogen (secondary N) is 1. The van der Waals surface area contributed by atoms with Gasteiger partial charge in [-0.25, -0.2) is 9.78 Å². The number of rotatable bonds is 3. The molecule has 1 aromatic carbocycles. The third-order valence-electron chi connectivity index (χ3n) is 2.45. The molecule has 0 aliphatic carbocycles. The highest BCUT2D eigenvalue weighted by Crippen LogP contribution is 2.26. The van der Waals surface area contributed by atoms with Crippen molar-refractivity contribution in [1.82, 2.24) is 9.88 Å². The molecule has 0 atom stereocenters. The number of aromatic nitrogens is 1. The SMILES string of the molecule is Cc1ccc2sc(NC(=O)N(C)CC=O)nc2c1. The minimum atomic E-state index is -0.335. The summed E-state index contributed by atoms with van der Waals surface area (Å²) in [5, 5.41) is 3.21. The molecular formula is C12H13N3O2S. The van der Waals surface area contributed by atoms with Gasteiger partial charge in [-0.2, -0.15) is 0 Å². The van der Waals surface area contributed by atoms with Gasteiger partial charge in [0, 0.05) is 7.05 Å². The Balaban J connectivity index is 2.17. The van der Waals surface area contributed by atoms with Gasteiger partial charge in [0.1, 0.15) is 6.29 Å². The Hall–Kier alpha value is -1.95. The highest BCUT2D eigenvalue weighted by molar-refractivity contribution is 7.22. The van der Waals surface area contributed by atoms with Crippen LogP contribution in [-0.2, 0) is 4.79 Å². The first-order valence-corrected chi connectivity index (χ1v) is 6.25. The maximum absolute atomic E-state index is 11.7. The van der Waals surface area contributed by atoms with E-state index in [9.17, 15) is 9.59 Å². The fraction of sp³-hybridized carbons (Fsp3) is 0.250. The Kier molecular flexibility index (Phi) is 3.57. The van der Waals surface area contributed by atoms with E-state index in [1.165, 1.54) is 16.2 Å². The van der Waals surface area contributed by atoms with Gasteiger partial charge in [-0.1, -0.05) is 17.4 Å². The van der Waals surface area contributed by atoms with Gasteiger partial charge in [-0.15, -0.1) is 0 Å². The summed E-state index contributed by atoms with van der Waals surface area (Å²) in [6, 6.07) is 5.62. The highest BCUT2D eigenvalue weighted by atomic mass is 32.1. The number of hydrogen-bond acceptors (Lipinski definition) is 4. The van der Waals surface area contributed by atoms with Crippen molar-refractivity contribution in [1.29, 1.82) is 0 Å². The quantitative estimate of drug-likeness (QED) is 0.864. The second kappa shape index (κ2) is 5.14. The van der Waals surface area contributed by atoms with E-state index in [0.29, 0.717) is 11.4 Å². The molecular weight excluding hydrogens is 250 g/mol. The lowest BCUT2D eigenvalue weighted by atomic mass is 10.2. The van der Waals surface area contributed by atoms with E-state index in [1.54, 1.807) is 7.05 Å². The molecule has 18 heavy (non-hydrogen) atoms. The molecule has 0 aliphatic rings. The summed E-state index contributed by atoms with van der Waals surface area (Å²) in [6.07, 6.45) is 0.682. The van der Waals surface area contributed by atoms with Crippen molar-refractivity contribution in [2.45, 2.75) is 6.92 Å². The van der Waals surface area contributed by atoms with Crippen molar-refractivity contribution in [3.63, 3.8) is 0 Å². The molecule has 0 fully saturated rings. The molecule has 0 spiro atoms. The van der Waals surface area contributed by atoms with Gasteiger partial charge < -0.3 is 9.69 Å². The lowest BCUT2D eigenvalue weighted by Gasteiger charge is -2.12. The van der Waals surface area contributed by atoms with Gasteiger partial charge in [0.15, 0.2) is 5.13 Å². The van der Waals surface area contributed by atoms with E-state index in [0.717, 1.165) is 15.8 Å². The topological polar surface area (TPSA) is 62.3 Å². The number of fused-ring (bicyclic) bond motifs is 1. The Morgan fingerprint density at radius 3 is 3.06 bits per heavy atom. The summed E-state index contributed by atoms with van der Waals surface area (Å²) >= 11 is 1.41. The van der Waals surface area contributed by atoms with E-state index in [4.69, 9.17) is 0 Å². The predicted molar refractivity (Wildman–Crippen MR) is 72.1 cm³/mol. The first-order valence-electron chi connectivity index (χ1n) is 5.43. The molecule has 2 amide bonds. The zero-order valence-corrected chi connectivity index (χ0v) is 11.0. The van der Waals surface area contributed by atoms with Crippen molar-refractivity contribution in [2.24, 2.45) is 0 Å². The molecule has 6 heteroatoms. The number of thiazole rings is 1. The van der Waals surface area contributed by atoms with Crippen molar-refractivity contribution in [3.8, 4) is 0 Å². The molecule has 0 aliphatic heterocycles. The smallest absolute Gasteiger partial charge is 0.321 e. The fourth-order valence-corrected chi connectivity index (χ4v) is 2.31. The second-order valence-corrected chi connectivity index (χ2v) is 5.00. The largest absolute Gasteiger partial charge is 0.323 e. The van der Waals surface area contributed by atoms with Crippen LogP contribution in [0.2, 0.25) is 0 Å². The molecule has 2 aromatic rings. The molecule has 1 N–H and O–H groups in total. The first kappa shape index (κ1) is 12.5. The normalized spacial score (nSPS) is 10.3. The van der Waals surface area contributed by atoms with Crippen LogP contribution in [0.1, 0.15) is 5.56 Å². The van der Waals surface area contributed by atoms with Crippen LogP contribution >= 0.6 is 11.3 Å². The summed E-state index contributed by atoms with van der Waals surface area (Å²) in [5.74, 6) is 0. The van der Waals surface area contributed by atoms with Crippen LogP contribution in [0.15, 0.2) is 18.2 Å². The summed E-state index contributed by atoms with van der Waals surface area (Å²) in [6.45, 7) is 2.06. The predicted octanol–water partition coefficient (Wildman–Crippen LogP) is 2.27. The fourth-order valence-electron chi connectivity index (χ4n) is 1.47. The number of benzene rings is 1. The third kappa shape index (κ3) is 2.65. The van der Waals surface area contributed by atoms with Crippen molar-refractivity contribution in [2.75, 3.05) is 18.9 Å². The molecule has 0 radical (unpaired) electrons. The van der Waals surface area contributed by atoms with Crippen LogP contribution in [0.3, 0.4) is 0 Å². The molecule has 2 rings (SSSR count). The van der Waals surface area contributed by atoms with Crippen LogP contribution in [-0.4, -0.2) is 35.8 Å². The van der Waals surface area contributed by atoms with E-state index in [2.05, 4.69) is 10.3 Å². The number of aldehydes is 1. The monoisotopic (exact) mass is 263 g/mol. The van der Waals surface area contributed by atoms with E-state index >= 15 is 0 Å². The Bertz CT molecular complexity index is 594. The summed E-state index contributed by atoms with van der Waals surface area (Å²) in [5.41, 5.74) is 2.00. The number of aryl methyl sites for hydroxylation is 1. The maximum Gasteiger partial charge on any atom is 0.323 e. The molecule has 1 heterocycles. The van der Waals surface area contributed by atoms with Gasteiger partial charge in [-0.05, 0) is 24.6 Å². The Labute approximate surface area is 108 Å². The molecule has 0 bridgehead atoms. The number of hydrogen-bond donors (Lipinski definition) is 1. The Morgan fingerprint density at radius 1 is 1.56 bits per heavy atom. The maximum atomic E-state index is 11.7. The Morgan fingerprint density at radius 2 is 2.33 bits per heavy atom. The summed E-state index contributed by atoms with van der Waals surface area (Å²) in [4.78, 5) is 27.6. The lowest BCUT2D eigenvalue weighted by molar-refractivity contribution is -0.108. The highest BCUT2D eigenvalue weighted by Gasteiger charge is 2.11. The minimum Gasteiger partial charge on any atom is -0.321 e. The number of amides is 2. The number of carbonyl (C=O) groups is 2. The molecule has 94 valence electrons. The first-order chi connectivity index (χ1) is 8.60. The standard InChI is InChI=1S/C12H13N3O2S/c1-8-3-4-10-9(7-8)13-11(18-10)14-12(17)15(2)5-6-16/h3-4,6-7H,5H2,1-2H3,(H,13,14,17). The minimum absolute atomic E-state index is 0.0653. The molecule has 1 aromatic heterocycles. The number of nitrogens with zero attached hydrogens (tertiary/aromatic N) is 2. The molecule has 0 saturated carbocycles. The van der Waals surface area contributed by atoms with Crippen molar-refractivity contribution in [3.05, 3.63) is 23.8 Å². The molecule has 0 unspecified atom stereocenters. The number of anilines is 1. The van der Waals surface area contributed by atoms with Gasteiger partial charge in [0.05, 0.1) is 16.8 Å². The van der Waals surface area contributed by atoms with Crippen molar-refractivity contribution >= 4 is 39.0 Å². The van der Waals surface area contributed by atoms with Gasteiger partial charge in [-0.3, -0.25) is 5.32 Å². The van der Waals surface area contributed by atoms with Gasteiger partial charge in [0.25, 0.3) is 0 Å². The van der Waals surface area contributed by atoms with Gasteiger partial charge in [0.2, 0.25) is 0 Å². The summed E-state index contributed by atoms with van der Waals surface area (Å²) in [7, 11) is 1.56. The van der Waals surface area contributed by atoms with Crippen LogP contribution in [0.5, 0.6) is 0 Å². The average molecular weight is 263 g/mol. The van der Waals surface area contributed by atoms with E-state index in [1.807, 2.05) is 25.1 Å². The number of carbonyl (C=O) groups excluding carboxylic acids is 2. The zero-order valence-electron chi connectivity index (χ0n) is 10.1. The van der Waals surface area contributed by atoms with Gasteiger partial charge >= 0.3 is 6.03 Å². The average Bonchev–Trinajstić information content (AvgIpc) is 2.70. The van der Waals surface area contributed by atoms with E-state index < -0.39 is 0 Å². The number of likely N-dealkylation sites (N-methyl/N-ethyl adjacent to an activating group) is 1. The van der Waals surface area contributed by atoms with Crippen LogP contribution in [0, 0.1) is 6.92 Å². The zero-order chi connectivity index (χ0) is 13.1. The second-order valence-electron chi connectivity index (χ2n) is 3.97. The van der Waals surface area contributed by atoms with E-state index in [-0.39, 0.29) is 12.6 Å². The van der Waals surface area contributed by atoms with Crippen LogP contribution in [0.4, 0.5) is 9.93 Å². The third-order valence-corrected chi connectivity index (χ3v) is 3.40. The molecule has 0 saturated heterocycles. The summed E-state index contributed by atoms with van der Waals surface area (Å²) < 4.78 is 1.02. The van der Waals surface area contributed by atoms with Crippen molar-refractivity contribution < 1.29 is 9.59 Å². The molecule has 5 nitrogen and oxygen atoms in total. The van der Waals surface area contributed by atoms with Crippen LogP contribution < -0.4 is 5.32 Å². The lowest BCUT2D eigenvalue weighted by Crippen LogP contribution is -2.32. The number of urea groups is 1.